The zero-order chi connectivity index (χ0) is 14.5. The highest BCUT2D eigenvalue weighted by Crippen LogP contribution is 2.29. The summed E-state index contributed by atoms with van der Waals surface area (Å²) in [4.78, 5) is 4.01. The van der Waals surface area contributed by atoms with E-state index in [0.717, 1.165) is 12.1 Å². The number of nitrogens with two attached hydrogens (primary N) is 1. The Labute approximate surface area is 110 Å². The van der Waals surface area contributed by atoms with E-state index in [0.29, 0.717) is 18.0 Å². The van der Waals surface area contributed by atoms with Gasteiger partial charge in [0, 0.05) is 6.54 Å². The first-order valence-corrected chi connectivity index (χ1v) is 5.99. The van der Waals surface area contributed by atoms with E-state index >= 15 is 0 Å². The van der Waals surface area contributed by atoms with Gasteiger partial charge in [-0.25, -0.2) is 4.99 Å². The molecule has 3 nitrogen and oxygen atoms in total. The summed E-state index contributed by atoms with van der Waals surface area (Å²) in [5, 5.41) is 2.90. The van der Waals surface area contributed by atoms with Gasteiger partial charge < -0.3 is 11.1 Å². The van der Waals surface area contributed by atoms with Gasteiger partial charge in [0.25, 0.3) is 0 Å². The summed E-state index contributed by atoms with van der Waals surface area (Å²) in [7, 11) is 0. The highest BCUT2D eigenvalue weighted by molar-refractivity contribution is 5.77. The van der Waals surface area contributed by atoms with Gasteiger partial charge in [-0.1, -0.05) is 26.0 Å². The fraction of sp³-hybridized carbons (Fsp3) is 0.462. The minimum atomic E-state index is -4.33. The van der Waals surface area contributed by atoms with Crippen LogP contribution in [0.5, 0.6) is 0 Å². The monoisotopic (exact) mass is 273 g/mol. The molecule has 0 saturated heterocycles. The Morgan fingerprint density at radius 3 is 2.63 bits per heavy atom. The van der Waals surface area contributed by atoms with Crippen molar-refractivity contribution in [3.8, 4) is 0 Å². The van der Waals surface area contributed by atoms with Crippen LogP contribution in [-0.4, -0.2) is 12.5 Å². The molecule has 19 heavy (non-hydrogen) atoms. The number of guanidine groups is 1. The number of hydrogen-bond acceptors (Lipinski definition) is 1. The highest BCUT2D eigenvalue weighted by atomic mass is 19.4. The molecule has 0 unspecified atom stereocenters. The molecule has 0 fully saturated rings. The third kappa shape index (κ3) is 5.63. The summed E-state index contributed by atoms with van der Waals surface area (Å²) in [5.74, 6) is 0.661. The van der Waals surface area contributed by atoms with Gasteiger partial charge in [-0.3, -0.25) is 0 Å². The normalized spacial score (nSPS) is 12.8. The average Bonchev–Trinajstić information content (AvgIpc) is 2.33. The van der Waals surface area contributed by atoms with Crippen molar-refractivity contribution in [2.75, 3.05) is 6.54 Å². The molecule has 6 heteroatoms. The third-order valence-corrected chi connectivity index (χ3v) is 2.38. The van der Waals surface area contributed by atoms with E-state index in [-0.39, 0.29) is 12.5 Å². The molecule has 3 N–H and O–H groups in total. The molecule has 0 heterocycles. The van der Waals surface area contributed by atoms with Crippen LogP contribution in [0.25, 0.3) is 0 Å². The molecule has 0 aliphatic heterocycles. The zero-order valence-electron chi connectivity index (χ0n) is 11.0. The lowest BCUT2D eigenvalue weighted by atomic mass is 10.1. The van der Waals surface area contributed by atoms with E-state index in [1.54, 1.807) is 6.07 Å². The molecule has 0 radical (unpaired) electrons. The van der Waals surface area contributed by atoms with Gasteiger partial charge in [0.05, 0.1) is 12.1 Å². The lowest BCUT2D eigenvalue weighted by Gasteiger charge is -2.09. The first kappa shape index (κ1) is 15.3. The summed E-state index contributed by atoms with van der Waals surface area (Å²) in [6, 6.07) is 5.08. The molecule has 0 amide bonds. The van der Waals surface area contributed by atoms with Crippen molar-refractivity contribution in [1.82, 2.24) is 5.32 Å². The summed E-state index contributed by atoms with van der Waals surface area (Å²) >= 11 is 0. The van der Waals surface area contributed by atoms with E-state index in [1.165, 1.54) is 6.07 Å². The minimum absolute atomic E-state index is 0.126. The SMILES string of the molecule is CC(C)CNC(N)=NCc1cccc(C(F)(F)F)c1. The molecule has 0 atom stereocenters. The lowest BCUT2D eigenvalue weighted by Crippen LogP contribution is -2.34. The van der Waals surface area contributed by atoms with Crippen molar-refractivity contribution in [1.29, 1.82) is 0 Å². The number of benzene rings is 1. The first-order valence-electron chi connectivity index (χ1n) is 5.99. The van der Waals surface area contributed by atoms with E-state index in [1.807, 2.05) is 13.8 Å². The van der Waals surface area contributed by atoms with Crippen molar-refractivity contribution < 1.29 is 13.2 Å². The van der Waals surface area contributed by atoms with Gasteiger partial charge in [-0.2, -0.15) is 13.2 Å². The molecule has 0 spiro atoms. The van der Waals surface area contributed by atoms with Crippen LogP contribution in [0.2, 0.25) is 0 Å². The Balaban J connectivity index is 2.65. The molecular formula is C13H18F3N3. The lowest BCUT2D eigenvalue weighted by molar-refractivity contribution is -0.137. The van der Waals surface area contributed by atoms with Crippen molar-refractivity contribution in [2.24, 2.45) is 16.6 Å². The van der Waals surface area contributed by atoms with Crippen molar-refractivity contribution >= 4 is 5.96 Å². The number of nitrogens with zero attached hydrogens (tertiary/aromatic N) is 1. The molecule has 0 aliphatic carbocycles. The Kier molecular flexibility index (Phi) is 5.20. The second-order valence-corrected chi connectivity index (χ2v) is 4.67. The number of aliphatic imine (C=N–C) groups is 1. The molecule has 0 bridgehead atoms. The number of rotatable bonds is 4. The number of hydrogen-bond donors (Lipinski definition) is 2. The summed E-state index contributed by atoms with van der Waals surface area (Å²) in [6.07, 6.45) is -4.33. The predicted molar refractivity (Wildman–Crippen MR) is 69.6 cm³/mol. The quantitative estimate of drug-likeness (QED) is 0.654. The van der Waals surface area contributed by atoms with Gasteiger partial charge in [-0.15, -0.1) is 0 Å². The number of alkyl halides is 3. The van der Waals surface area contributed by atoms with Crippen LogP contribution in [0.1, 0.15) is 25.0 Å². The largest absolute Gasteiger partial charge is 0.416 e. The Hall–Kier alpha value is -1.72. The van der Waals surface area contributed by atoms with Crippen molar-refractivity contribution in [2.45, 2.75) is 26.6 Å². The maximum Gasteiger partial charge on any atom is 0.416 e. The van der Waals surface area contributed by atoms with E-state index < -0.39 is 11.7 Å². The number of halogens is 3. The van der Waals surface area contributed by atoms with Crippen LogP contribution >= 0.6 is 0 Å². The van der Waals surface area contributed by atoms with Gasteiger partial charge in [-0.05, 0) is 23.6 Å². The van der Waals surface area contributed by atoms with Crippen molar-refractivity contribution in [3.05, 3.63) is 35.4 Å². The van der Waals surface area contributed by atoms with Gasteiger partial charge in [0.2, 0.25) is 0 Å². The summed E-state index contributed by atoms with van der Waals surface area (Å²) in [6.45, 7) is 4.85. The smallest absolute Gasteiger partial charge is 0.370 e. The first-order chi connectivity index (χ1) is 8.79. The molecule has 1 aromatic rings. The zero-order valence-corrected chi connectivity index (χ0v) is 11.0. The topological polar surface area (TPSA) is 50.4 Å². The van der Waals surface area contributed by atoms with E-state index in [4.69, 9.17) is 5.73 Å². The van der Waals surface area contributed by atoms with Gasteiger partial charge >= 0.3 is 6.18 Å². The van der Waals surface area contributed by atoms with E-state index in [2.05, 4.69) is 10.3 Å². The van der Waals surface area contributed by atoms with Crippen LogP contribution in [0, 0.1) is 5.92 Å². The molecule has 106 valence electrons. The third-order valence-electron chi connectivity index (χ3n) is 2.38. The van der Waals surface area contributed by atoms with Crippen molar-refractivity contribution in [3.63, 3.8) is 0 Å². The van der Waals surface area contributed by atoms with Crippen LogP contribution in [0.3, 0.4) is 0 Å². The average molecular weight is 273 g/mol. The predicted octanol–water partition coefficient (Wildman–Crippen LogP) is 2.77. The van der Waals surface area contributed by atoms with Crippen LogP contribution in [0.4, 0.5) is 13.2 Å². The fourth-order valence-electron chi connectivity index (χ4n) is 1.39. The summed E-state index contributed by atoms with van der Waals surface area (Å²) in [5.41, 5.74) is 5.41. The maximum absolute atomic E-state index is 12.5. The molecular weight excluding hydrogens is 255 g/mol. The van der Waals surface area contributed by atoms with Crippen LogP contribution in [-0.2, 0) is 12.7 Å². The second kappa shape index (κ2) is 6.45. The molecule has 1 aromatic carbocycles. The highest BCUT2D eigenvalue weighted by Gasteiger charge is 2.30. The summed E-state index contributed by atoms with van der Waals surface area (Å²) < 4.78 is 37.5. The molecule has 0 saturated carbocycles. The van der Waals surface area contributed by atoms with E-state index in [9.17, 15) is 13.2 Å². The minimum Gasteiger partial charge on any atom is -0.370 e. The standard InChI is InChI=1S/C13H18F3N3/c1-9(2)7-18-12(17)19-8-10-4-3-5-11(6-10)13(14,15)16/h3-6,9H,7-8H2,1-2H3,(H3,17,18,19). The van der Waals surface area contributed by atoms with Crippen LogP contribution in [0.15, 0.2) is 29.3 Å². The second-order valence-electron chi connectivity index (χ2n) is 4.67. The maximum atomic E-state index is 12.5. The Bertz CT molecular complexity index is 439. The fourth-order valence-corrected chi connectivity index (χ4v) is 1.39. The van der Waals surface area contributed by atoms with Crippen LogP contribution < -0.4 is 11.1 Å². The number of nitrogens with one attached hydrogen (secondary N) is 1. The molecule has 1 rings (SSSR count). The Morgan fingerprint density at radius 2 is 2.05 bits per heavy atom. The van der Waals surface area contributed by atoms with Gasteiger partial charge in [0.15, 0.2) is 5.96 Å². The molecule has 0 aliphatic rings. The molecule has 0 aromatic heterocycles. The Morgan fingerprint density at radius 1 is 1.37 bits per heavy atom. The van der Waals surface area contributed by atoms with Gasteiger partial charge in [0.1, 0.15) is 0 Å².